The zero-order valence-electron chi connectivity index (χ0n) is 16.9. The SMILES string of the molecule is COc1ccc(C#CC(=O)N(Cc2ccccc2)c2noc(-c3ccccc3)n2)cc1. The Balaban J connectivity index is 1.62. The Hall–Kier alpha value is -4.37. The smallest absolute Gasteiger partial charge is 0.306 e. The molecule has 6 heteroatoms. The lowest BCUT2D eigenvalue weighted by Crippen LogP contribution is -2.30. The van der Waals surface area contributed by atoms with Crippen molar-refractivity contribution in [3.05, 3.63) is 96.1 Å². The summed E-state index contributed by atoms with van der Waals surface area (Å²) in [4.78, 5) is 18.8. The Morgan fingerprint density at radius 2 is 1.65 bits per heavy atom. The van der Waals surface area contributed by atoms with Crippen molar-refractivity contribution in [2.75, 3.05) is 12.0 Å². The number of ether oxygens (including phenoxy) is 1. The van der Waals surface area contributed by atoms with E-state index in [0.29, 0.717) is 11.5 Å². The summed E-state index contributed by atoms with van der Waals surface area (Å²) in [6.45, 7) is 0.269. The summed E-state index contributed by atoms with van der Waals surface area (Å²) in [6, 6.07) is 26.2. The molecular weight excluding hydrogens is 390 g/mol. The third kappa shape index (κ3) is 4.98. The molecule has 0 atom stereocenters. The molecule has 1 heterocycles. The molecule has 152 valence electrons. The maximum Gasteiger partial charge on any atom is 0.306 e. The van der Waals surface area contributed by atoms with Crippen LogP contribution in [0.2, 0.25) is 0 Å². The summed E-state index contributed by atoms with van der Waals surface area (Å²) in [5.74, 6) is 6.36. The predicted molar refractivity (Wildman–Crippen MR) is 117 cm³/mol. The fourth-order valence-corrected chi connectivity index (χ4v) is 2.89. The van der Waals surface area contributed by atoms with Crippen molar-refractivity contribution in [2.24, 2.45) is 0 Å². The number of benzene rings is 3. The minimum absolute atomic E-state index is 0.164. The van der Waals surface area contributed by atoms with Gasteiger partial charge in [0.05, 0.1) is 13.7 Å². The summed E-state index contributed by atoms with van der Waals surface area (Å²) in [7, 11) is 1.60. The largest absolute Gasteiger partial charge is 0.497 e. The van der Waals surface area contributed by atoms with Crippen LogP contribution in [0.1, 0.15) is 11.1 Å². The number of carbonyl (C=O) groups is 1. The predicted octanol–water partition coefficient (Wildman–Crippen LogP) is 4.33. The highest BCUT2D eigenvalue weighted by Gasteiger charge is 2.21. The lowest BCUT2D eigenvalue weighted by atomic mass is 10.2. The highest BCUT2D eigenvalue weighted by atomic mass is 16.5. The van der Waals surface area contributed by atoms with E-state index in [9.17, 15) is 4.79 Å². The fraction of sp³-hybridized carbons (Fsp3) is 0.0800. The van der Waals surface area contributed by atoms with Crippen LogP contribution in [0.25, 0.3) is 11.5 Å². The van der Waals surface area contributed by atoms with Gasteiger partial charge in [0.25, 0.3) is 11.8 Å². The standard InChI is InChI=1S/C25H19N3O3/c1-30-22-15-12-19(13-16-22)14-17-23(29)28(18-20-8-4-2-5-9-20)25-26-24(31-27-25)21-10-6-3-7-11-21/h2-13,15-16H,18H2,1H3. The fourth-order valence-electron chi connectivity index (χ4n) is 2.89. The van der Waals surface area contributed by atoms with E-state index in [-0.39, 0.29) is 12.5 Å². The van der Waals surface area contributed by atoms with Crippen LogP contribution in [0.15, 0.2) is 89.5 Å². The third-order valence-electron chi connectivity index (χ3n) is 4.51. The molecule has 31 heavy (non-hydrogen) atoms. The zero-order chi connectivity index (χ0) is 21.5. The average Bonchev–Trinajstić information content (AvgIpc) is 3.32. The minimum atomic E-state index is -0.430. The molecule has 4 rings (SSSR count). The maximum atomic E-state index is 13.0. The van der Waals surface area contributed by atoms with Gasteiger partial charge in [-0.3, -0.25) is 9.69 Å². The third-order valence-corrected chi connectivity index (χ3v) is 4.51. The zero-order valence-corrected chi connectivity index (χ0v) is 16.9. The van der Waals surface area contributed by atoms with Crippen molar-refractivity contribution in [3.63, 3.8) is 0 Å². The van der Waals surface area contributed by atoms with Gasteiger partial charge in [-0.15, -0.1) is 0 Å². The van der Waals surface area contributed by atoms with Crippen molar-refractivity contribution in [2.45, 2.75) is 6.54 Å². The van der Waals surface area contributed by atoms with Gasteiger partial charge in [-0.25, -0.2) is 0 Å². The van der Waals surface area contributed by atoms with E-state index in [0.717, 1.165) is 16.9 Å². The van der Waals surface area contributed by atoms with Crippen LogP contribution < -0.4 is 9.64 Å². The number of nitrogens with zero attached hydrogens (tertiary/aromatic N) is 3. The monoisotopic (exact) mass is 409 g/mol. The average molecular weight is 409 g/mol. The van der Waals surface area contributed by atoms with Gasteiger partial charge in [0, 0.05) is 17.0 Å². The van der Waals surface area contributed by atoms with Crippen molar-refractivity contribution in [1.82, 2.24) is 10.1 Å². The first kappa shape index (κ1) is 19.9. The normalized spacial score (nSPS) is 10.1. The number of anilines is 1. The molecule has 0 unspecified atom stereocenters. The Morgan fingerprint density at radius 1 is 0.968 bits per heavy atom. The molecule has 0 aliphatic carbocycles. The molecule has 0 bridgehead atoms. The molecule has 1 amide bonds. The van der Waals surface area contributed by atoms with Crippen LogP contribution in [0.3, 0.4) is 0 Å². The van der Waals surface area contributed by atoms with Crippen LogP contribution in [-0.2, 0) is 11.3 Å². The van der Waals surface area contributed by atoms with Crippen molar-refractivity contribution in [1.29, 1.82) is 0 Å². The molecular formula is C25H19N3O3. The molecule has 0 saturated carbocycles. The summed E-state index contributed by atoms with van der Waals surface area (Å²) in [5, 5.41) is 4.02. The van der Waals surface area contributed by atoms with Crippen LogP contribution in [0, 0.1) is 11.8 Å². The molecule has 0 spiro atoms. The van der Waals surface area contributed by atoms with Crippen LogP contribution in [0.4, 0.5) is 5.95 Å². The highest BCUT2D eigenvalue weighted by Crippen LogP contribution is 2.21. The molecule has 0 saturated heterocycles. The van der Waals surface area contributed by atoms with Crippen molar-refractivity contribution in [3.8, 4) is 29.0 Å². The van der Waals surface area contributed by atoms with Gasteiger partial charge in [-0.05, 0) is 47.1 Å². The van der Waals surface area contributed by atoms with Gasteiger partial charge < -0.3 is 9.26 Å². The lowest BCUT2D eigenvalue weighted by Gasteiger charge is -2.15. The molecule has 0 aliphatic heterocycles. The van der Waals surface area contributed by atoms with Crippen LogP contribution in [-0.4, -0.2) is 23.2 Å². The van der Waals surface area contributed by atoms with E-state index in [4.69, 9.17) is 9.26 Å². The van der Waals surface area contributed by atoms with Crippen LogP contribution in [0.5, 0.6) is 5.75 Å². The summed E-state index contributed by atoms with van der Waals surface area (Å²) in [5.41, 5.74) is 2.40. The second-order valence-corrected chi connectivity index (χ2v) is 6.62. The van der Waals surface area contributed by atoms with E-state index >= 15 is 0 Å². The number of hydrogen-bond donors (Lipinski definition) is 0. The number of carbonyl (C=O) groups excluding carboxylic acids is 1. The summed E-state index contributed by atoms with van der Waals surface area (Å²) in [6.07, 6.45) is 0. The highest BCUT2D eigenvalue weighted by molar-refractivity contribution is 6.05. The Labute approximate surface area is 180 Å². The van der Waals surface area contributed by atoms with Crippen molar-refractivity contribution >= 4 is 11.9 Å². The molecule has 4 aromatic rings. The molecule has 0 fully saturated rings. The van der Waals surface area contributed by atoms with E-state index in [1.807, 2.05) is 60.7 Å². The number of amides is 1. The molecule has 0 radical (unpaired) electrons. The summed E-state index contributed by atoms with van der Waals surface area (Å²) < 4.78 is 10.5. The van der Waals surface area contributed by atoms with Gasteiger partial charge >= 0.3 is 5.91 Å². The second-order valence-electron chi connectivity index (χ2n) is 6.62. The topological polar surface area (TPSA) is 68.5 Å². The van der Waals surface area contributed by atoms with Gasteiger partial charge in [0.15, 0.2) is 0 Å². The first-order chi connectivity index (χ1) is 15.2. The Morgan fingerprint density at radius 3 is 2.32 bits per heavy atom. The lowest BCUT2D eigenvalue weighted by molar-refractivity contribution is -0.113. The molecule has 6 nitrogen and oxygen atoms in total. The van der Waals surface area contributed by atoms with E-state index in [1.54, 1.807) is 31.4 Å². The van der Waals surface area contributed by atoms with Crippen molar-refractivity contribution < 1.29 is 14.1 Å². The van der Waals surface area contributed by atoms with Gasteiger partial charge in [0.2, 0.25) is 0 Å². The van der Waals surface area contributed by atoms with E-state index in [1.165, 1.54) is 4.90 Å². The quantitative estimate of drug-likeness (QED) is 0.459. The minimum Gasteiger partial charge on any atom is -0.497 e. The van der Waals surface area contributed by atoms with E-state index in [2.05, 4.69) is 22.0 Å². The van der Waals surface area contributed by atoms with E-state index < -0.39 is 5.91 Å². The summed E-state index contributed by atoms with van der Waals surface area (Å²) >= 11 is 0. The number of rotatable bonds is 5. The Kier molecular flexibility index (Phi) is 6.05. The molecule has 0 aliphatic rings. The first-order valence-corrected chi connectivity index (χ1v) is 9.63. The van der Waals surface area contributed by atoms with Gasteiger partial charge in [0.1, 0.15) is 5.75 Å². The second kappa shape index (κ2) is 9.42. The van der Waals surface area contributed by atoms with Gasteiger partial charge in [-0.2, -0.15) is 4.98 Å². The number of aromatic nitrogens is 2. The number of methoxy groups -OCH3 is 1. The molecule has 0 N–H and O–H groups in total. The Bertz CT molecular complexity index is 1210. The maximum absolute atomic E-state index is 13.0. The number of hydrogen-bond acceptors (Lipinski definition) is 5. The first-order valence-electron chi connectivity index (χ1n) is 9.63. The van der Waals surface area contributed by atoms with Gasteiger partial charge in [-0.1, -0.05) is 54.5 Å². The van der Waals surface area contributed by atoms with Crippen LogP contribution >= 0.6 is 0 Å². The molecule has 1 aromatic heterocycles. The molecule has 3 aromatic carbocycles.